The molecule has 0 radical (unpaired) electrons. The molecule has 2 aromatic carbocycles. The lowest BCUT2D eigenvalue weighted by atomic mass is 10.0. The first-order valence-electron chi connectivity index (χ1n) is 7.21. The van der Waals surface area contributed by atoms with Gasteiger partial charge in [0.2, 0.25) is 5.05 Å². The van der Waals surface area contributed by atoms with Crippen molar-refractivity contribution in [3.8, 4) is 21.6 Å². The molecule has 0 N–H and O–H groups in total. The molecule has 0 unspecified atom stereocenters. The van der Waals surface area contributed by atoms with Gasteiger partial charge in [-0.3, -0.25) is 0 Å². The van der Waals surface area contributed by atoms with E-state index in [1.807, 2.05) is 19.1 Å². The summed E-state index contributed by atoms with van der Waals surface area (Å²) in [4.78, 5) is 2.22. The van der Waals surface area contributed by atoms with Crippen LogP contribution >= 0.6 is 23.6 Å². The van der Waals surface area contributed by atoms with Crippen LogP contribution in [0, 0.1) is 0 Å². The largest absolute Gasteiger partial charge is 0.483 e. The van der Waals surface area contributed by atoms with E-state index >= 15 is 0 Å². The molecule has 0 saturated heterocycles. The maximum absolute atomic E-state index is 5.40. The van der Waals surface area contributed by atoms with E-state index in [0.29, 0.717) is 11.7 Å². The second kappa shape index (κ2) is 6.86. The zero-order valence-corrected chi connectivity index (χ0v) is 13.9. The number of thiophene rings is 1. The molecule has 22 heavy (non-hydrogen) atoms. The molecule has 1 aromatic heterocycles. The van der Waals surface area contributed by atoms with Gasteiger partial charge in [-0.25, -0.2) is 0 Å². The highest BCUT2D eigenvalue weighted by molar-refractivity contribution is 7.80. The van der Waals surface area contributed by atoms with Crippen molar-refractivity contribution in [1.29, 1.82) is 0 Å². The Balaban J connectivity index is 1.83. The molecule has 3 rings (SSSR count). The van der Waals surface area contributed by atoms with E-state index < -0.39 is 0 Å². The molecule has 0 amide bonds. The summed E-state index contributed by atoms with van der Waals surface area (Å²) in [5.41, 5.74) is 3.67. The lowest BCUT2D eigenvalue weighted by molar-refractivity contribution is 0.338. The Morgan fingerprint density at radius 1 is 0.864 bits per heavy atom. The molecule has 0 atom stereocenters. The van der Waals surface area contributed by atoms with Crippen molar-refractivity contribution < 1.29 is 4.74 Å². The summed E-state index contributed by atoms with van der Waals surface area (Å²) in [5, 5.41) is 0.583. The summed E-state index contributed by atoms with van der Waals surface area (Å²) < 4.78 is 5.40. The van der Waals surface area contributed by atoms with Crippen molar-refractivity contribution in [2.24, 2.45) is 0 Å². The van der Waals surface area contributed by atoms with Gasteiger partial charge in [-0.2, -0.15) is 0 Å². The van der Waals surface area contributed by atoms with Crippen molar-refractivity contribution in [1.82, 2.24) is 0 Å². The summed E-state index contributed by atoms with van der Waals surface area (Å²) in [6.07, 6.45) is 0. The molecule has 0 aliphatic rings. The molecule has 0 aliphatic heterocycles. The van der Waals surface area contributed by atoms with Gasteiger partial charge in [0.15, 0.2) is 0 Å². The molecule has 0 bridgehead atoms. The molecule has 0 aliphatic carbocycles. The van der Waals surface area contributed by atoms with Crippen LogP contribution in [0.5, 0.6) is 0 Å². The minimum atomic E-state index is 0.583. The second-order valence-electron chi connectivity index (χ2n) is 4.83. The third-order valence-electron chi connectivity index (χ3n) is 3.36. The minimum absolute atomic E-state index is 0.583. The van der Waals surface area contributed by atoms with Crippen LogP contribution in [0.4, 0.5) is 0 Å². The highest BCUT2D eigenvalue weighted by Gasteiger charge is 2.08. The van der Waals surface area contributed by atoms with Crippen molar-refractivity contribution in [2.75, 3.05) is 6.61 Å². The SMILES string of the molecule is CCOC(=S)c1ccc(-c2ccc(-c3ccccc3)cc2)s1. The van der Waals surface area contributed by atoms with E-state index in [1.165, 1.54) is 21.6 Å². The van der Waals surface area contributed by atoms with Gasteiger partial charge >= 0.3 is 0 Å². The Hall–Kier alpha value is -1.97. The normalized spacial score (nSPS) is 10.4. The third kappa shape index (κ3) is 3.26. The standard InChI is InChI=1S/C19H16OS2/c1-2-20-19(21)18-13-12-17(22-18)16-10-8-15(9-11-16)14-6-4-3-5-7-14/h3-13H,2H2,1H3. The quantitative estimate of drug-likeness (QED) is 0.561. The molecule has 1 nitrogen and oxygen atoms in total. The molecule has 3 aromatic rings. The first-order valence-corrected chi connectivity index (χ1v) is 8.43. The summed E-state index contributed by atoms with van der Waals surface area (Å²) >= 11 is 6.93. The van der Waals surface area contributed by atoms with Crippen molar-refractivity contribution in [2.45, 2.75) is 6.92 Å². The van der Waals surface area contributed by atoms with Crippen LogP contribution in [0.3, 0.4) is 0 Å². The van der Waals surface area contributed by atoms with E-state index in [-0.39, 0.29) is 0 Å². The Morgan fingerprint density at radius 3 is 2.18 bits per heavy atom. The zero-order chi connectivity index (χ0) is 15.4. The Kier molecular flexibility index (Phi) is 4.66. The van der Waals surface area contributed by atoms with Gasteiger partial charge < -0.3 is 4.74 Å². The molecule has 0 spiro atoms. The van der Waals surface area contributed by atoms with E-state index in [9.17, 15) is 0 Å². The average Bonchev–Trinajstić information content (AvgIpc) is 3.06. The van der Waals surface area contributed by atoms with Gasteiger partial charge in [0.25, 0.3) is 0 Å². The Labute approximate surface area is 140 Å². The van der Waals surface area contributed by atoms with E-state index in [0.717, 1.165) is 4.88 Å². The van der Waals surface area contributed by atoms with Crippen LogP contribution in [0.2, 0.25) is 0 Å². The number of thiocarbonyl (C=S) groups is 1. The fraction of sp³-hybridized carbons (Fsp3) is 0.105. The molecule has 3 heteroatoms. The highest BCUT2D eigenvalue weighted by Crippen LogP contribution is 2.30. The summed E-state index contributed by atoms with van der Waals surface area (Å²) in [6.45, 7) is 2.56. The van der Waals surface area contributed by atoms with Crippen LogP contribution in [0.1, 0.15) is 11.8 Å². The fourth-order valence-corrected chi connectivity index (χ4v) is 3.48. The lowest BCUT2D eigenvalue weighted by Gasteiger charge is -2.03. The number of rotatable bonds is 4. The number of hydrogen-bond acceptors (Lipinski definition) is 3. The van der Waals surface area contributed by atoms with Crippen LogP contribution in [0.25, 0.3) is 21.6 Å². The minimum Gasteiger partial charge on any atom is -0.483 e. The average molecular weight is 324 g/mol. The summed E-state index contributed by atoms with van der Waals surface area (Å²) in [6, 6.07) is 23.2. The fourth-order valence-electron chi connectivity index (χ4n) is 2.26. The Bertz CT molecular complexity index is 758. The summed E-state index contributed by atoms with van der Waals surface area (Å²) in [7, 11) is 0. The number of hydrogen-bond donors (Lipinski definition) is 0. The van der Waals surface area contributed by atoms with Crippen molar-refractivity contribution in [3.63, 3.8) is 0 Å². The van der Waals surface area contributed by atoms with Crippen molar-refractivity contribution >= 4 is 28.6 Å². The lowest BCUT2D eigenvalue weighted by Crippen LogP contribution is -1.99. The summed E-state index contributed by atoms with van der Waals surface area (Å²) in [5.74, 6) is 0. The number of benzene rings is 2. The smallest absolute Gasteiger partial charge is 0.201 e. The van der Waals surface area contributed by atoms with Gasteiger partial charge in [-0.05, 0) is 48.0 Å². The first kappa shape index (κ1) is 14.9. The molecule has 1 heterocycles. The zero-order valence-electron chi connectivity index (χ0n) is 12.3. The second-order valence-corrected chi connectivity index (χ2v) is 6.28. The van der Waals surface area contributed by atoms with Crippen LogP contribution in [-0.2, 0) is 4.74 Å². The molecule has 110 valence electrons. The van der Waals surface area contributed by atoms with E-state index in [4.69, 9.17) is 17.0 Å². The van der Waals surface area contributed by atoms with Gasteiger partial charge in [0.1, 0.15) is 0 Å². The first-order chi connectivity index (χ1) is 10.8. The van der Waals surface area contributed by atoms with Crippen LogP contribution in [-0.4, -0.2) is 11.7 Å². The molecular formula is C19H16OS2. The van der Waals surface area contributed by atoms with E-state index in [2.05, 4.69) is 54.6 Å². The Morgan fingerprint density at radius 2 is 1.50 bits per heavy atom. The monoisotopic (exact) mass is 324 g/mol. The van der Waals surface area contributed by atoms with Crippen molar-refractivity contribution in [3.05, 3.63) is 71.6 Å². The maximum atomic E-state index is 5.40. The van der Waals surface area contributed by atoms with Gasteiger partial charge in [-0.1, -0.05) is 54.6 Å². The van der Waals surface area contributed by atoms with Gasteiger partial charge in [-0.15, -0.1) is 11.3 Å². The van der Waals surface area contributed by atoms with Crippen LogP contribution < -0.4 is 0 Å². The van der Waals surface area contributed by atoms with Crippen LogP contribution in [0.15, 0.2) is 66.7 Å². The predicted octanol–water partition coefficient (Wildman–Crippen LogP) is 5.79. The maximum Gasteiger partial charge on any atom is 0.201 e. The predicted molar refractivity (Wildman–Crippen MR) is 98.5 cm³/mol. The number of ether oxygens (including phenoxy) is 1. The topological polar surface area (TPSA) is 9.23 Å². The van der Waals surface area contributed by atoms with Gasteiger partial charge in [0.05, 0.1) is 11.5 Å². The molecule has 0 saturated carbocycles. The highest BCUT2D eigenvalue weighted by atomic mass is 32.1. The van der Waals surface area contributed by atoms with E-state index in [1.54, 1.807) is 11.3 Å². The van der Waals surface area contributed by atoms with Gasteiger partial charge in [0, 0.05) is 4.88 Å². The third-order valence-corrected chi connectivity index (χ3v) is 4.96. The molecule has 0 fully saturated rings. The molecular weight excluding hydrogens is 308 g/mol.